The van der Waals surface area contributed by atoms with Crippen LogP contribution in [0.4, 0.5) is 0 Å². The van der Waals surface area contributed by atoms with Crippen LogP contribution in [-0.4, -0.2) is 8.80 Å². The Morgan fingerprint density at radius 2 is 1.14 bits per heavy atom. The monoisotopic (exact) mass is 195 g/mol. The van der Waals surface area contributed by atoms with Gasteiger partial charge >= 0.3 is 0 Å². The standard InChI is InChI=1S/C13H11Si/c1-14-12-8-4-2-6-10(12)11-7-3-5-9-13(11)14/h2-9H,1H3. The van der Waals surface area contributed by atoms with Crippen LogP contribution < -0.4 is 10.4 Å². The first kappa shape index (κ1) is 8.01. The van der Waals surface area contributed by atoms with Crippen molar-refractivity contribution < 1.29 is 0 Å². The zero-order valence-corrected chi connectivity index (χ0v) is 9.12. The number of fused-ring (bicyclic) bond motifs is 3. The molecule has 0 N–H and O–H groups in total. The van der Waals surface area contributed by atoms with Gasteiger partial charge in [-0.2, -0.15) is 0 Å². The van der Waals surface area contributed by atoms with Crippen molar-refractivity contribution >= 4 is 19.2 Å². The van der Waals surface area contributed by atoms with Crippen LogP contribution in [0.15, 0.2) is 48.5 Å². The number of hydrogen-bond acceptors (Lipinski definition) is 0. The van der Waals surface area contributed by atoms with E-state index in [1.807, 2.05) is 0 Å². The van der Waals surface area contributed by atoms with Crippen LogP contribution >= 0.6 is 0 Å². The van der Waals surface area contributed by atoms with E-state index in [0.717, 1.165) is 0 Å². The lowest BCUT2D eigenvalue weighted by Crippen LogP contribution is -2.34. The maximum Gasteiger partial charge on any atom is 0.119 e. The van der Waals surface area contributed by atoms with E-state index in [2.05, 4.69) is 55.1 Å². The Kier molecular flexibility index (Phi) is 1.61. The molecular formula is C13H11Si. The van der Waals surface area contributed by atoms with E-state index in [1.165, 1.54) is 11.1 Å². The summed E-state index contributed by atoms with van der Waals surface area (Å²) < 4.78 is 0. The molecule has 67 valence electrons. The van der Waals surface area contributed by atoms with Gasteiger partial charge in [-0.1, -0.05) is 55.1 Å². The summed E-state index contributed by atoms with van der Waals surface area (Å²) in [4.78, 5) is 0. The lowest BCUT2D eigenvalue weighted by atomic mass is 10.1. The van der Waals surface area contributed by atoms with Crippen LogP contribution in [0.2, 0.25) is 6.55 Å². The third-order valence-electron chi connectivity index (χ3n) is 2.95. The molecule has 0 atom stereocenters. The molecule has 14 heavy (non-hydrogen) atoms. The van der Waals surface area contributed by atoms with E-state index in [0.29, 0.717) is 0 Å². The smallest absolute Gasteiger partial charge is 0.0628 e. The van der Waals surface area contributed by atoms with Crippen molar-refractivity contribution in [2.24, 2.45) is 0 Å². The van der Waals surface area contributed by atoms with Gasteiger partial charge in [0.1, 0.15) is 8.80 Å². The van der Waals surface area contributed by atoms with E-state index in [4.69, 9.17) is 0 Å². The van der Waals surface area contributed by atoms with Crippen LogP contribution in [0, 0.1) is 0 Å². The average Bonchev–Trinajstić information content (AvgIpc) is 2.55. The second-order valence-corrected chi connectivity index (χ2v) is 6.04. The topological polar surface area (TPSA) is 0 Å². The molecule has 1 aliphatic rings. The molecule has 0 aliphatic carbocycles. The van der Waals surface area contributed by atoms with E-state index in [9.17, 15) is 0 Å². The zero-order valence-electron chi connectivity index (χ0n) is 8.12. The first-order valence-electron chi connectivity index (χ1n) is 4.90. The van der Waals surface area contributed by atoms with Crippen LogP contribution in [-0.2, 0) is 0 Å². The Morgan fingerprint density at radius 3 is 1.64 bits per heavy atom. The lowest BCUT2D eigenvalue weighted by Gasteiger charge is -2.01. The van der Waals surface area contributed by atoms with E-state index in [1.54, 1.807) is 10.4 Å². The molecule has 1 heteroatoms. The fourth-order valence-electron chi connectivity index (χ4n) is 2.24. The summed E-state index contributed by atoms with van der Waals surface area (Å²) in [6.45, 7) is 2.38. The summed E-state index contributed by atoms with van der Waals surface area (Å²) in [5.74, 6) is 0. The molecule has 1 heterocycles. The molecule has 2 aromatic carbocycles. The van der Waals surface area contributed by atoms with Gasteiger partial charge in [-0.05, 0) is 21.5 Å². The highest BCUT2D eigenvalue weighted by Gasteiger charge is 2.25. The van der Waals surface area contributed by atoms with Gasteiger partial charge in [0.25, 0.3) is 0 Å². The summed E-state index contributed by atoms with van der Waals surface area (Å²) in [6, 6.07) is 17.6. The lowest BCUT2D eigenvalue weighted by molar-refractivity contribution is 1.71. The molecule has 0 saturated heterocycles. The maximum absolute atomic E-state index is 2.38. The highest BCUT2D eigenvalue weighted by Crippen LogP contribution is 2.21. The molecule has 0 nitrogen and oxygen atoms in total. The highest BCUT2D eigenvalue weighted by atomic mass is 28.3. The predicted molar refractivity (Wildman–Crippen MR) is 62.8 cm³/mol. The summed E-state index contributed by atoms with van der Waals surface area (Å²) in [5, 5.41) is 3.14. The molecule has 0 spiro atoms. The Balaban J connectivity index is 2.36. The maximum atomic E-state index is 2.38. The third kappa shape index (κ3) is 0.932. The summed E-state index contributed by atoms with van der Waals surface area (Å²) in [7, 11) is -0.471. The van der Waals surface area contributed by atoms with Crippen LogP contribution in [0.5, 0.6) is 0 Å². The highest BCUT2D eigenvalue weighted by molar-refractivity contribution is 6.88. The molecule has 0 bridgehead atoms. The van der Waals surface area contributed by atoms with Gasteiger partial charge in [-0.15, -0.1) is 0 Å². The van der Waals surface area contributed by atoms with Crippen LogP contribution in [0.3, 0.4) is 0 Å². The normalized spacial score (nSPS) is 13.8. The first-order chi connectivity index (χ1) is 6.88. The minimum atomic E-state index is -0.471. The van der Waals surface area contributed by atoms with Crippen molar-refractivity contribution in [2.75, 3.05) is 0 Å². The van der Waals surface area contributed by atoms with Crippen molar-refractivity contribution in [1.29, 1.82) is 0 Å². The minimum Gasteiger partial charge on any atom is -0.0628 e. The Morgan fingerprint density at radius 1 is 0.714 bits per heavy atom. The zero-order chi connectivity index (χ0) is 9.54. The fraction of sp³-hybridized carbons (Fsp3) is 0.0769. The largest absolute Gasteiger partial charge is 0.119 e. The molecule has 0 unspecified atom stereocenters. The molecule has 1 aliphatic heterocycles. The van der Waals surface area contributed by atoms with Gasteiger partial charge in [-0.3, -0.25) is 0 Å². The second kappa shape index (κ2) is 2.82. The predicted octanol–water partition coefficient (Wildman–Crippen LogP) is 1.91. The first-order valence-corrected chi connectivity index (χ1v) is 6.90. The number of rotatable bonds is 0. The number of benzene rings is 2. The van der Waals surface area contributed by atoms with Crippen LogP contribution in [0.25, 0.3) is 11.1 Å². The second-order valence-electron chi connectivity index (χ2n) is 3.72. The van der Waals surface area contributed by atoms with Gasteiger partial charge < -0.3 is 0 Å². The molecule has 3 rings (SSSR count). The Labute approximate surface area is 85.8 Å². The van der Waals surface area contributed by atoms with Gasteiger partial charge in [0.05, 0.1) is 0 Å². The van der Waals surface area contributed by atoms with Gasteiger partial charge in [0, 0.05) is 0 Å². The molecular weight excluding hydrogens is 184 g/mol. The molecule has 0 aromatic heterocycles. The third-order valence-corrected chi connectivity index (χ3v) is 5.44. The Hall–Kier alpha value is -1.34. The SMILES string of the molecule is C[Si]1c2ccccc2-c2ccccc21. The van der Waals surface area contributed by atoms with Gasteiger partial charge in [-0.25, -0.2) is 0 Å². The molecule has 2 aromatic rings. The van der Waals surface area contributed by atoms with Crippen molar-refractivity contribution in [1.82, 2.24) is 0 Å². The molecule has 0 saturated carbocycles. The summed E-state index contributed by atoms with van der Waals surface area (Å²) >= 11 is 0. The Bertz CT molecular complexity index is 443. The van der Waals surface area contributed by atoms with Crippen molar-refractivity contribution in [2.45, 2.75) is 6.55 Å². The van der Waals surface area contributed by atoms with E-state index in [-0.39, 0.29) is 0 Å². The van der Waals surface area contributed by atoms with E-state index < -0.39 is 8.80 Å². The molecule has 0 fully saturated rings. The molecule has 0 amide bonds. The van der Waals surface area contributed by atoms with E-state index >= 15 is 0 Å². The summed E-state index contributed by atoms with van der Waals surface area (Å²) in [6.07, 6.45) is 0. The summed E-state index contributed by atoms with van der Waals surface area (Å²) in [5.41, 5.74) is 2.92. The number of hydrogen-bond donors (Lipinski definition) is 0. The minimum absolute atomic E-state index is 0.471. The van der Waals surface area contributed by atoms with Gasteiger partial charge in [0.2, 0.25) is 0 Å². The average molecular weight is 195 g/mol. The molecule has 1 radical (unpaired) electrons. The quantitative estimate of drug-likeness (QED) is 0.563. The van der Waals surface area contributed by atoms with Crippen molar-refractivity contribution in [3.05, 3.63) is 48.5 Å². The van der Waals surface area contributed by atoms with Crippen molar-refractivity contribution in [3.8, 4) is 11.1 Å². The van der Waals surface area contributed by atoms with Crippen LogP contribution in [0.1, 0.15) is 0 Å². The fourth-order valence-corrected chi connectivity index (χ4v) is 4.46. The van der Waals surface area contributed by atoms with Crippen molar-refractivity contribution in [3.63, 3.8) is 0 Å². The van der Waals surface area contributed by atoms with Gasteiger partial charge in [0.15, 0.2) is 0 Å².